The molecule has 0 saturated carbocycles. The van der Waals surface area contributed by atoms with Crippen LogP contribution in [0.4, 0.5) is 8.78 Å². The van der Waals surface area contributed by atoms with Crippen molar-refractivity contribution >= 4 is 5.91 Å². The van der Waals surface area contributed by atoms with Crippen molar-refractivity contribution in [2.45, 2.75) is 19.5 Å². The van der Waals surface area contributed by atoms with Gasteiger partial charge in [-0.15, -0.1) is 0 Å². The Balaban J connectivity index is 1.74. The van der Waals surface area contributed by atoms with Crippen LogP contribution in [-0.4, -0.2) is 66.8 Å². The number of nitrogens with zero attached hydrogens (tertiary/aromatic N) is 2. The Kier molecular flexibility index (Phi) is 6.73. The predicted molar refractivity (Wildman–Crippen MR) is 81.5 cm³/mol. The Morgan fingerprint density at radius 1 is 1.17 bits per heavy atom. The van der Waals surface area contributed by atoms with Crippen LogP contribution in [0.5, 0.6) is 5.75 Å². The number of halogens is 2. The molecule has 0 spiro atoms. The summed E-state index contributed by atoms with van der Waals surface area (Å²) in [5, 5.41) is 8.90. The largest absolute Gasteiger partial charge is 0.435 e. The summed E-state index contributed by atoms with van der Waals surface area (Å²) in [6, 6.07) is 6.37. The molecule has 1 aliphatic heterocycles. The monoisotopic (exact) mass is 328 g/mol. The average Bonchev–Trinajstić information content (AvgIpc) is 2.54. The van der Waals surface area contributed by atoms with E-state index in [2.05, 4.69) is 9.64 Å². The molecule has 1 aromatic carbocycles. The molecule has 5 nitrogen and oxygen atoms in total. The van der Waals surface area contributed by atoms with Crippen LogP contribution in [0.3, 0.4) is 0 Å². The number of alkyl halides is 2. The van der Waals surface area contributed by atoms with E-state index in [9.17, 15) is 13.6 Å². The number of amides is 1. The Bertz CT molecular complexity index is 489. The van der Waals surface area contributed by atoms with Crippen LogP contribution in [0, 0.1) is 0 Å². The first kappa shape index (κ1) is 17.6. The van der Waals surface area contributed by atoms with E-state index in [1.807, 2.05) is 4.90 Å². The molecule has 1 aliphatic rings. The first-order chi connectivity index (χ1) is 11.1. The smallest absolute Gasteiger partial charge is 0.387 e. The number of hydrogen-bond acceptors (Lipinski definition) is 4. The number of carbonyl (C=O) groups is 1. The number of carbonyl (C=O) groups excluding carboxylic acids is 1. The van der Waals surface area contributed by atoms with Gasteiger partial charge in [-0.25, -0.2) is 0 Å². The van der Waals surface area contributed by atoms with Gasteiger partial charge in [-0.2, -0.15) is 8.78 Å². The number of piperazine rings is 1. The molecule has 1 saturated heterocycles. The van der Waals surface area contributed by atoms with E-state index in [1.54, 1.807) is 12.1 Å². The Labute approximate surface area is 134 Å². The van der Waals surface area contributed by atoms with Gasteiger partial charge < -0.3 is 14.7 Å². The van der Waals surface area contributed by atoms with Crippen molar-refractivity contribution in [3.05, 3.63) is 29.8 Å². The average molecular weight is 328 g/mol. The number of hydrogen-bond donors (Lipinski definition) is 1. The molecule has 1 aromatic rings. The van der Waals surface area contributed by atoms with Gasteiger partial charge in [0.1, 0.15) is 5.75 Å². The van der Waals surface area contributed by atoms with Crippen molar-refractivity contribution < 1.29 is 23.4 Å². The summed E-state index contributed by atoms with van der Waals surface area (Å²) >= 11 is 0. The molecule has 1 fully saturated rings. The second-order valence-corrected chi connectivity index (χ2v) is 5.47. The van der Waals surface area contributed by atoms with Gasteiger partial charge in [0.2, 0.25) is 5.91 Å². The second kappa shape index (κ2) is 8.79. The molecule has 23 heavy (non-hydrogen) atoms. The predicted octanol–water partition coefficient (Wildman–Crippen LogP) is 1.36. The van der Waals surface area contributed by atoms with Gasteiger partial charge >= 0.3 is 6.61 Å². The normalized spacial score (nSPS) is 15.9. The van der Waals surface area contributed by atoms with E-state index in [4.69, 9.17) is 5.11 Å². The van der Waals surface area contributed by atoms with Crippen molar-refractivity contribution in [1.29, 1.82) is 0 Å². The van der Waals surface area contributed by atoms with Crippen LogP contribution < -0.4 is 4.74 Å². The summed E-state index contributed by atoms with van der Waals surface area (Å²) in [6.45, 7) is 0.888. The number of β-amino-alcohol motifs (C(OH)–C–C–N with tert-alkyl or cyclic N) is 1. The number of ether oxygens (including phenoxy) is 1. The van der Waals surface area contributed by atoms with Crippen molar-refractivity contribution in [3.8, 4) is 5.75 Å². The van der Waals surface area contributed by atoms with E-state index in [0.717, 1.165) is 18.7 Å². The van der Waals surface area contributed by atoms with Crippen LogP contribution in [0.1, 0.15) is 12.0 Å². The van der Waals surface area contributed by atoms with E-state index in [1.165, 1.54) is 12.1 Å². The maximum Gasteiger partial charge on any atom is 0.387 e. The maximum atomic E-state index is 12.2. The standard InChI is InChI=1S/C16H22F2N2O3/c17-16(18)23-14-4-1-13(2-5-14)3-6-15(22)20-9-7-19(8-10-20)11-12-21/h1-2,4-5,16,21H,3,6-12H2. The molecule has 1 amide bonds. The first-order valence-corrected chi connectivity index (χ1v) is 7.73. The van der Waals surface area contributed by atoms with Gasteiger partial charge in [0.05, 0.1) is 6.61 Å². The lowest BCUT2D eigenvalue weighted by molar-refractivity contribution is -0.132. The lowest BCUT2D eigenvalue weighted by atomic mass is 10.1. The summed E-state index contributed by atoms with van der Waals surface area (Å²) in [4.78, 5) is 16.1. The van der Waals surface area contributed by atoms with Crippen molar-refractivity contribution in [2.75, 3.05) is 39.3 Å². The molecule has 0 aliphatic carbocycles. The fourth-order valence-electron chi connectivity index (χ4n) is 2.61. The molecular formula is C16H22F2N2O3. The van der Waals surface area contributed by atoms with Gasteiger partial charge in [-0.3, -0.25) is 9.69 Å². The lowest BCUT2D eigenvalue weighted by Crippen LogP contribution is -2.49. The Hall–Kier alpha value is -1.73. The third-order valence-corrected chi connectivity index (χ3v) is 3.92. The van der Waals surface area contributed by atoms with Gasteiger partial charge in [-0.05, 0) is 24.1 Å². The number of aliphatic hydroxyl groups excluding tert-OH is 1. The Morgan fingerprint density at radius 3 is 2.39 bits per heavy atom. The first-order valence-electron chi connectivity index (χ1n) is 7.73. The molecule has 0 unspecified atom stereocenters. The molecular weight excluding hydrogens is 306 g/mol. The minimum Gasteiger partial charge on any atom is -0.435 e. The fourth-order valence-corrected chi connectivity index (χ4v) is 2.61. The van der Waals surface area contributed by atoms with E-state index < -0.39 is 6.61 Å². The third-order valence-electron chi connectivity index (χ3n) is 3.92. The lowest BCUT2D eigenvalue weighted by Gasteiger charge is -2.34. The van der Waals surface area contributed by atoms with Gasteiger partial charge in [0.25, 0.3) is 0 Å². The molecule has 0 radical (unpaired) electrons. The number of aliphatic hydroxyl groups is 1. The molecule has 0 bridgehead atoms. The summed E-state index contributed by atoms with van der Waals surface area (Å²) in [5.74, 6) is 0.219. The highest BCUT2D eigenvalue weighted by Crippen LogP contribution is 2.16. The van der Waals surface area contributed by atoms with Crippen molar-refractivity contribution in [2.24, 2.45) is 0 Å². The van der Waals surface area contributed by atoms with Gasteiger partial charge in [0, 0.05) is 39.1 Å². The van der Waals surface area contributed by atoms with Crippen LogP contribution in [0.15, 0.2) is 24.3 Å². The van der Waals surface area contributed by atoms with Gasteiger partial charge in [-0.1, -0.05) is 12.1 Å². The summed E-state index contributed by atoms with van der Waals surface area (Å²) in [6.07, 6.45) is 0.972. The second-order valence-electron chi connectivity index (χ2n) is 5.47. The highest BCUT2D eigenvalue weighted by atomic mass is 19.3. The van der Waals surface area contributed by atoms with Crippen LogP contribution in [-0.2, 0) is 11.2 Å². The highest BCUT2D eigenvalue weighted by Gasteiger charge is 2.20. The third kappa shape index (κ3) is 5.76. The van der Waals surface area contributed by atoms with Gasteiger partial charge in [0.15, 0.2) is 0 Å². The van der Waals surface area contributed by atoms with Crippen molar-refractivity contribution in [3.63, 3.8) is 0 Å². The zero-order valence-electron chi connectivity index (χ0n) is 13.0. The number of rotatable bonds is 7. The van der Waals surface area contributed by atoms with Crippen molar-refractivity contribution in [1.82, 2.24) is 9.80 Å². The summed E-state index contributed by atoms with van der Waals surface area (Å²) < 4.78 is 28.4. The molecule has 128 valence electrons. The highest BCUT2D eigenvalue weighted by molar-refractivity contribution is 5.76. The number of benzene rings is 1. The van der Waals surface area contributed by atoms with E-state index in [-0.39, 0.29) is 18.3 Å². The zero-order chi connectivity index (χ0) is 16.7. The molecule has 1 N–H and O–H groups in total. The maximum absolute atomic E-state index is 12.2. The SMILES string of the molecule is O=C(CCc1ccc(OC(F)F)cc1)N1CCN(CCO)CC1. The zero-order valence-corrected chi connectivity index (χ0v) is 13.0. The topological polar surface area (TPSA) is 53.0 Å². The number of aryl methyl sites for hydroxylation is 1. The minimum atomic E-state index is -2.83. The summed E-state index contributed by atoms with van der Waals surface area (Å²) in [7, 11) is 0. The van der Waals surface area contributed by atoms with E-state index in [0.29, 0.717) is 32.5 Å². The quantitative estimate of drug-likeness (QED) is 0.821. The Morgan fingerprint density at radius 2 is 1.83 bits per heavy atom. The molecule has 2 rings (SSSR count). The minimum absolute atomic E-state index is 0.0987. The molecule has 0 atom stereocenters. The molecule has 7 heteroatoms. The molecule has 1 heterocycles. The van der Waals surface area contributed by atoms with Crippen LogP contribution in [0.25, 0.3) is 0 Å². The summed E-state index contributed by atoms with van der Waals surface area (Å²) in [5.41, 5.74) is 0.916. The van der Waals surface area contributed by atoms with Crippen LogP contribution in [0.2, 0.25) is 0 Å². The van der Waals surface area contributed by atoms with E-state index >= 15 is 0 Å². The van der Waals surface area contributed by atoms with Crippen LogP contribution >= 0.6 is 0 Å². The molecule has 0 aromatic heterocycles. The fraction of sp³-hybridized carbons (Fsp3) is 0.562.